The molecule has 0 aliphatic carbocycles. The zero-order valence-corrected chi connectivity index (χ0v) is 19.4. The van der Waals surface area contributed by atoms with Crippen LogP contribution in [0.3, 0.4) is 0 Å². The van der Waals surface area contributed by atoms with Crippen molar-refractivity contribution < 1.29 is 4.79 Å². The number of aryl methyl sites for hydroxylation is 1. The molecular weight excluding hydrogens is 491 g/mol. The van der Waals surface area contributed by atoms with Crippen LogP contribution in [0.5, 0.6) is 0 Å². The van der Waals surface area contributed by atoms with Crippen LogP contribution in [0, 0.1) is 10.5 Å². The van der Waals surface area contributed by atoms with E-state index in [0.717, 1.165) is 26.2 Å². The number of rotatable bonds is 5. The highest BCUT2D eigenvalue weighted by Crippen LogP contribution is 2.28. The fourth-order valence-electron chi connectivity index (χ4n) is 3.63. The quantitative estimate of drug-likeness (QED) is 0.346. The van der Waals surface area contributed by atoms with Crippen LogP contribution < -0.4 is 5.56 Å². The first-order valence-corrected chi connectivity index (χ1v) is 10.8. The van der Waals surface area contributed by atoms with Gasteiger partial charge in [0, 0.05) is 52.9 Å². The summed E-state index contributed by atoms with van der Waals surface area (Å²) < 4.78 is 2.68. The highest BCUT2D eigenvalue weighted by molar-refractivity contribution is 14.1. The minimum atomic E-state index is -0.172. The molecule has 6 nitrogen and oxygen atoms in total. The summed E-state index contributed by atoms with van der Waals surface area (Å²) in [5, 5.41) is 0. The minimum Gasteiger partial charge on any atom is -0.368 e. The summed E-state index contributed by atoms with van der Waals surface area (Å²) in [6, 6.07) is 9.74. The van der Waals surface area contributed by atoms with E-state index >= 15 is 0 Å². The predicted octanol–water partition coefficient (Wildman–Crippen LogP) is 3.77. The number of para-hydroxylation sites is 1. The largest absolute Gasteiger partial charge is 0.368 e. The number of hydrogen-bond acceptors (Lipinski definition) is 4. The van der Waals surface area contributed by atoms with Crippen LogP contribution in [0.1, 0.15) is 18.2 Å². The normalized spacial score (nSPS) is 14.2. The van der Waals surface area contributed by atoms with Crippen LogP contribution in [0.4, 0.5) is 5.69 Å². The molecule has 0 atom stereocenters. The second kappa shape index (κ2) is 9.42. The van der Waals surface area contributed by atoms with E-state index in [0.29, 0.717) is 31.9 Å². The fraction of sp³-hybridized carbons (Fsp3) is 0.261. The molecule has 0 radical (unpaired) electrons. The molecule has 2 heterocycles. The number of amides is 1. The SMILES string of the molecule is C=CC(=O)N1CCN(C(=C)c2cc(C)n(-c3ccccc3I)c(=O)c2N=CC)CC1. The lowest BCUT2D eigenvalue weighted by Gasteiger charge is -2.37. The van der Waals surface area contributed by atoms with Crippen LogP contribution in [0.15, 0.2) is 59.4 Å². The topological polar surface area (TPSA) is 57.9 Å². The van der Waals surface area contributed by atoms with E-state index < -0.39 is 0 Å². The van der Waals surface area contributed by atoms with Gasteiger partial charge in [-0.3, -0.25) is 19.1 Å². The summed E-state index contributed by atoms with van der Waals surface area (Å²) in [5.41, 5.74) is 3.32. The Balaban J connectivity index is 2.01. The Morgan fingerprint density at radius 2 is 1.80 bits per heavy atom. The third kappa shape index (κ3) is 4.26. The highest BCUT2D eigenvalue weighted by Gasteiger charge is 2.24. The lowest BCUT2D eigenvalue weighted by Crippen LogP contribution is -2.47. The molecule has 1 saturated heterocycles. The van der Waals surface area contributed by atoms with Crippen molar-refractivity contribution >= 4 is 46.1 Å². The van der Waals surface area contributed by atoms with Gasteiger partial charge < -0.3 is 9.80 Å². The van der Waals surface area contributed by atoms with Gasteiger partial charge in [-0.15, -0.1) is 0 Å². The number of carbonyl (C=O) groups is 1. The number of aromatic nitrogens is 1. The lowest BCUT2D eigenvalue weighted by atomic mass is 10.1. The summed E-state index contributed by atoms with van der Waals surface area (Å²) in [5.74, 6) is -0.0626. The molecule has 0 bridgehead atoms. The van der Waals surface area contributed by atoms with E-state index in [9.17, 15) is 9.59 Å². The van der Waals surface area contributed by atoms with E-state index in [1.165, 1.54) is 6.08 Å². The van der Waals surface area contributed by atoms with Gasteiger partial charge in [-0.05, 0) is 60.7 Å². The van der Waals surface area contributed by atoms with Gasteiger partial charge in [0.05, 0.1) is 5.69 Å². The number of halogens is 1. The molecule has 1 aromatic heterocycles. The van der Waals surface area contributed by atoms with Crippen molar-refractivity contribution in [3.63, 3.8) is 0 Å². The van der Waals surface area contributed by atoms with E-state index in [-0.39, 0.29) is 11.5 Å². The number of pyridine rings is 1. The molecule has 30 heavy (non-hydrogen) atoms. The first-order chi connectivity index (χ1) is 14.4. The second-order valence-electron chi connectivity index (χ2n) is 6.99. The van der Waals surface area contributed by atoms with E-state index in [1.807, 2.05) is 37.3 Å². The van der Waals surface area contributed by atoms with Gasteiger partial charge in [0.15, 0.2) is 0 Å². The summed E-state index contributed by atoms with van der Waals surface area (Å²) in [7, 11) is 0. The van der Waals surface area contributed by atoms with Crippen molar-refractivity contribution in [3.8, 4) is 5.69 Å². The lowest BCUT2D eigenvalue weighted by molar-refractivity contribution is -0.127. The summed E-state index contributed by atoms with van der Waals surface area (Å²) in [6.45, 7) is 14.0. The molecule has 1 aromatic carbocycles. The zero-order valence-electron chi connectivity index (χ0n) is 17.3. The van der Waals surface area contributed by atoms with Crippen molar-refractivity contribution in [2.45, 2.75) is 13.8 Å². The van der Waals surface area contributed by atoms with Crippen molar-refractivity contribution in [3.05, 3.63) is 74.7 Å². The first kappa shape index (κ1) is 22.0. The van der Waals surface area contributed by atoms with E-state index in [2.05, 4.69) is 45.6 Å². The molecule has 0 unspecified atom stereocenters. The first-order valence-electron chi connectivity index (χ1n) is 9.74. The van der Waals surface area contributed by atoms with Gasteiger partial charge in [-0.1, -0.05) is 25.3 Å². The molecule has 1 fully saturated rings. The highest BCUT2D eigenvalue weighted by atomic mass is 127. The third-order valence-electron chi connectivity index (χ3n) is 5.18. The van der Waals surface area contributed by atoms with Gasteiger partial charge in [0.1, 0.15) is 5.69 Å². The molecule has 0 spiro atoms. The molecule has 1 amide bonds. The van der Waals surface area contributed by atoms with Crippen LogP contribution >= 0.6 is 22.6 Å². The molecule has 0 N–H and O–H groups in total. The number of hydrogen-bond donors (Lipinski definition) is 0. The maximum Gasteiger partial charge on any atom is 0.281 e. The summed E-state index contributed by atoms with van der Waals surface area (Å²) >= 11 is 2.23. The Morgan fingerprint density at radius 3 is 2.40 bits per heavy atom. The van der Waals surface area contributed by atoms with Gasteiger partial charge >= 0.3 is 0 Å². The average Bonchev–Trinajstić information content (AvgIpc) is 2.76. The summed E-state index contributed by atoms with van der Waals surface area (Å²) in [4.78, 5) is 33.6. The predicted molar refractivity (Wildman–Crippen MR) is 131 cm³/mol. The van der Waals surface area contributed by atoms with Crippen LogP contribution in [0.2, 0.25) is 0 Å². The van der Waals surface area contributed by atoms with Crippen LogP contribution in [-0.2, 0) is 4.79 Å². The molecular formula is C23H25IN4O2. The maximum atomic E-state index is 13.4. The standard InChI is InChI=1S/C23H25IN4O2/c1-5-21(29)27-13-11-26(12-14-27)17(4)18-15-16(3)28(23(30)22(18)25-6-2)20-10-8-7-9-19(20)24/h5-10,15H,1,4,11-14H2,2-3H3. The molecule has 0 saturated carbocycles. The summed E-state index contributed by atoms with van der Waals surface area (Å²) in [6.07, 6.45) is 2.97. The van der Waals surface area contributed by atoms with Gasteiger partial charge in [0.25, 0.3) is 5.56 Å². The Hall–Kier alpha value is -2.68. The third-order valence-corrected chi connectivity index (χ3v) is 6.09. The van der Waals surface area contributed by atoms with Crippen molar-refractivity contribution in [1.82, 2.24) is 14.4 Å². The number of aliphatic imine (C=N–C) groups is 1. The van der Waals surface area contributed by atoms with Gasteiger partial charge in [0.2, 0.25) is 5.91 Å². The second-order valence-corrected chi connectivity index (χ2v) is 8.15. The zero-order chi connectivity index (χ0) is 21.8. The molecule has 156 valence electrons. The monoisotopic (exact) mass is 516 g/mol. The number of carbonyl (C=O) groups excluding carboxylic acids is 1. The smallest absolute Gasteiger partial charge is 0.281 e. The van der Waals surface area contributed by atoms with E-state index in [1.54, 1.807) is 22.6 Å². The van der Waals surface area contributed by atoms with E-state index in [4.69, 9.17) is 0 Å². The molecule has 1 aliphatic rings. The number of nitrogens with zero attached hydrogens (tertiary/aromatic N) is 4. The van der Waals surface area contributed by atoms with Gasteiger partial charge in [-0.2, -0.15) is 0 Å². The molecule has 2 aromatic rings. The molecule has 7 heteroatoms. The fourth-order valence-corrected chi connectivity index (χ4v) is 4.25. The Kier molecular flexibility index (Phi) is 6.91. The van der Waals surface area contributed by atoms with Crippen LogP contribution in [-0.4, -0.2) is 52.7 Å². The Labute approximate surface area is 190 Å². The Morgan fingerprint density at radius 1 is 1.17 bits per heavy atom. The number of benzene rings is 1. The van der Waals surface area contributed by atoms with Crippen molar-refractivity contribution in [1.29, 1.82) is 0 Å². The number of piperazine rings is 1. The van der Waals surface area contributed by atoms with Gasteiger partial charge in [-0.25, -0.2) is 0 Å². The average molecular weight is 516 g/mol. The van der Waals surface area contributed by atoms with Crippen molar-refractivity contribution in [2.24, 2.45) is 4.99 Å². The maximum absolute atomic E-state index is 13.4. The Bertz CT molecular complexity index is 1080. The van der Waals surface area contributed by atoms with Crippen LogP contribution in [0.25, 0.3) is 11.4 Å². The molecule has 3 rings (SSSR count). The minimum absolute atomic E-state index is 0.0626. The molecule has 1 aliphatic heterocycles. The van der Waals surface area contributed by atoms with Crippen molar-refractivity contribution in [2.75, 3.05) is 26.2 Å².